The molecule has 5 rings (SSSR count). The molecule has 8 N–H and O–H groups in total. The summed E-state index contributed by atoms with van der Waals surface area (Å²) in [7, 11) is 0. The van der Waals surface area contributed by atoms with Crippen LogP contribution >= 0.6 is 0 Å². The molecule has 5 aromatic rings. The van der Waals surface area contributed by atoms with Gasteiger partial charge in [0.2, 0.25) is 17.0 Å². The second-order valence-electron chi connectivity index (χ2n) is 14.8. The van der Waals surface area contributed by atoms with E-state index in [-0.39, 0.29) is 23.3 Å². The lowest BCUT2D eigenvalue weighted by Crippen LogP contribution is -2.54. The number of rotatable bonds is 11. The number of carbonyl (C=O) groups is 2. The molecule has 1 atom stereocenters. The molecule has 8 nitrogen and oxygen atoms in total. The Kier molecular flexibility index (Phi) is 13.9. The molecule has 0 heterocycles. The maximum atomic E-state index is 15.1. The van der Waals surface area contributed by atoms with Crippen LogP contribution in [-0.2, 0) is 45.1 Å². The van der Waals surface area contributed by atoms with Gasteiger partial charge in [0.25, 0.3) is 0 Å². The quantitative estimate of drug-likeness (QED) is 0.0432. The number of halogens is 13. The normalized spacial score (nSPS) is 13.7. The number of phenolic OH excluding ortho intramolecular Hbond substituents is 4. The second kappa shape index (κ2) is 17.7. The van der Waals surface area contributed by atoms with Gasteiger partial charge in [0.1, 0.15) is 28.4 Å². The van der Waals surface area contributed by atoms with E-state index in [1.807, 2.05) is 0 Å². The van der Waals surface area contributed by atoms with Crippen molar-refractivity contribution >= 4 is 22.9 Å². The molecule has 0 aliphatic heterocycles. The second-order valence-corrected chi connectivity index (χ2v) is 14.8. The highest BCUT2D eigenvalue weighted by Gasteiger charge is 2.72. The molecule has 0 aliphatic carbocycles. The fourth-order valence-corrected chi connectivity index (χ4v) is 6.83. The molecule has 0 radical (unpaired) electrons. The Morgan fingerprint density at radius 2 is 0.877 bits per heavy atom. The van der Waals surface area contributed by atoms with E-state index in [9.17, 15) is 78.3 Å². The van der Waals surface area contributed by atoms with Crippen molar-refractivity contribution < 1.29 is 87.1 Å². The molecule has 0 spiro atoms. The molecule has 0 bridgehead atoms. The smallest absolute Gasteiger partial charge is 0.411 e. The van der Waals surface area contributed by atoms with Crippen molar-refractivity contribution in [3.05, 3.63) is 142 Å². The van der Waals surface area contributed by atoms with Gasteiger partial charge in [0, 0.05) is 30.0 Å². The lowest BCUT2D eigenvalue weighted by Gasteiger charge is -2.38. The maximum absolute atomic E-state index is 15.1. The van der Waals surface area contributed by atoms with Crippen LogP contribution in [0.2, 0.25) is 0 Å². The van der Waals surface area contributed by atoms with Gasteiger partial charge in [0.05, 0.1) is 11.4 Å². The summed E-state index contributed by atoms with van der Waals surface area (Å²) in [4.78, 5) is 23.9. The van der Waals surface area contributed by atoms with Crippen molar-refractivity contribution in [1.82, 2.24) is 0 Å². The van der Waals surface area contributed by atoms with Crippen LogP contribution in [0.3, 0.4) is 0 Å². The largest absolute Gasteiger partial charge is 0.508 e. The van der Waals surface area contributed by atoms with E-state index >= 15 is 8.78 Å². The van der Waals surface area contributed by atoms with Gasteiger partial charge in [-0.3, -0.25) is 9.59 Å². The number of nitrogen functional groups attached to an aromatic ring is 2. The van der Waals surface area contributed by atoms with Gasteiger partial charge < -0.3 is 31.9 Å². The summed E-state index contributed by atoms with van der Waals surface area (Å²) in [5.41, 5.74) is -3.66. The summed E-state index contributed by atoms with van der Waals surface area (Å²) < 4.78 is 185. The molecule has 21 heteroatoms. The molecule has 0 aliphatic rings. The highest BCUT2D eigenvalue weighted by molar-refractivity contribution is 5.90. The highest BCUT2D eigenvalue weighted by atomic mass is 19.4. The minimum atomic E-state index is -5.82. The van der Waals surface area contributed by atoms with Crippen LogP contribution in [0.15, 0.2) is 97.1 Å². The Bertz CT molecular complexity index is 2520. The van der Waals surface area contributed by atoms with Crippen molar-refractivity contribution in [2.75, 3.05) is 11.5 Å². The van der Waals surface area contributed by atoms with E-state index in [2.05, 4.69) is 0 Å². The predicted molar refractivity (Wildman–Crippen MR) is 210 cm³/mol. The van der Waals surface area contributed by atoms with Crippen LogP contribution in [-0.4, -0.2) is 50.5 Å². The third-order valence-electron chi connectivity index (χ3n) is 10.8. The zero-order chi connectivity index (χ0) is 49.5. The number of hydrogen-bond donors (Lipinski definition) is 6. The van der Waals surface area contributed by atoms with Crippen molar-refractivity contribution in [3.8, 4) is 23.0 Å². The van der Waals surface area contributed by atoms with E-state index in [1.54, 1.807) is 6.92 Å². The zero-order valence-electron chi connectivity index (χ0n) is 33.8. The fourth-order valence-electron chi connectivity index (χ4n) is 6.83. The summed E-state index contributed by atoms with van der Waals surface area (Å²) >= 11 is 0. The standard InChI is InChI=1S/C29H25F7O4.C15H12F6N2O2/c1-4-17-12-19(8-10-23(17)38)26(3,29(34,35)36)20-9-11-24(39)18(13-20)14-25(40)28(32,33)22-7-5-6-21(15-22)27(30,31)16(2)37;16-14(17,18)13(15(19,20)21,7-1-3-11(24)9(22)5-7)8-2-4-12(25)10(23)6-8/h5-13,15,38-39H,4,14H2,1-3H3;1-6,24-25H,22-23H2. The summed E-state index contributed by atoms with van der Waals surface area (Å²) in [6.45, 7) is 3.04. The third-order valence-corrected chi connectivity index (χ3v) is 10.8. The van der Waals surface area contributed by atoms with Crippen molar-refractivity contribution in [2.45, 2.75) is 74.8 Å². The zero-order valence-corrected chi connectivity index (χ0v) is 33.8. The number of ketones is 2. The number of nitrogens with two attached hydrogens (primary N) is 2. The van der Waals surface area contributed by atoms with E-state index < -0.39 is 121 Å². The van der Waals surface area contributed by atoms with Gasteiger partial charge in [-0.05, 0) is 83.6 Å². The van der Waals surface area contributed by atoms with Gasteiger partial charge in [-0.1, -0.05) is 61.5 Å². The molecule has 0 amide bonds. The first-order chi connectivity index (χ1) is 29.7. The minimum Gasteiger partial charge on any atom is -0.508 e. The number of phenols is 4. The van der Waals surface area contributed by atoms with E-state index in [0.717, 1.165) is 49.4 Å². The molecule has 0 aromatic heterocycles. The van der Waals surface area contributed by atoms with Crippen molar-refractivity contribution in [1.29, 1.82) is 0 Å². The lowest BCUT2D eigenvalue weighted by atomic mass is 9.72. The van der Waals surface area contributed by atoms with E-state index in [0.29, 0.717) is 55.5 Å². The number of carbonyl (C=O) groups excluding carboxylic acids is 2. The molecule has 65 heavy (non-hydrogen) atoms. The number of alkyl halides is 13. The summed E-state index contributed by atoms with van der Waals surface area (Å²) in [6.07, 6.45) is -17.6. The number of benzene rings is 5. The average Bonchev–Trinajstić information content (AvgIpc) is 3.20. The Morgan fingerprint density at radius 3 is 1.26 bits per heavy atom. The number of hydrogen-bond acceptors (Lipinski definition) is 8. The number of anilines is 2. The Balaban J connectivity index is 0.000000317. The van der Waals surface area contributed by atoms with Crippen LogP contribution in [0, 0.1) is 0 Å². The molecular weight excluding hydrogens is 899 g/mol. The fraction of sp³-hybridized carbons (Fsp3) is 0.273. The molecule has 1 unspecified atom stereocenters. The predicted octanol–water partition coefficient (Wildman–Crippen LogP) is 10.8. The lowest BCUT2D eigenvalue weighted by molar-refractivity contribution is -0.288. The number of aryl methyl sites for hydroxylation is 1. The molecule has 350 valence electrons. The SMILES string of the molecule is CCc1cc(C(C)(c2ccc(O)c(CC(=O)C(F)(F)c3cccc(C(F)(F)C(C)=O)c3)c2)C(F)(F)F)ccc1O.Nc1cc(C(c2ccc(O)c(N)c2)(C(F)(F)F)C(F)(F)F)ccc1O. The molecule has 0 saturated carbocycles. The minimum absolute atomic E-state index is 0.208. The molecule has 0 saturated heterocycles. The van der Waals surface area contributed by atoms with Gasteiger partial charge in [-0.25, -0.2) is 0 Å². The Hall–Kier alpha value is -6.67. The van der Waals surface area contributed by atoms with Crippen LogP contribution in [0.1, 0.15) is 65.3 Å². The van der Waals surface area contributed by atoms with Crippen LogP contribution in [0.4, 0.5) is 68.5 Å². The topological polar surface area (TPSA) is 167 Å². The van der Waals surface area contributed by atoms with Crippen LogP contribution in [0.5, 0.6) is 23.0 Å². The first-order valence-electron chi connectivity index (χ1n) is 18.6. The van der Waals surface area contributed by atoms with Crippen molar-refractivity contribution in [2.24, 2.45) is 0 Å². The van der Waals surface area contributed by atoms with Gasteiger partial charge in [0.15, 0.2) is 0 Å². The Morgan fingerprint density at radius 1 is 0.492 bits per heavy atom. The first kappa shape index (κ1) is 51.0. The number of Topliss-reactive ketones (excluding diaryl/α,β-unsaturated/α-hetero) is 2. The summed E-state index contributed by atoms with van der Waals surface area (Å²) in [5.74, 6) is -14.2. The Labute approximate surface area is 360 Å². The van der Waals surface area contributed by atoms with Gasteiger partial charge >= 0.3 is 30.4 Å². The van der Waals surface area contributed by atoms with E-state index in [1.165, 1.54) is 6.07 Å². The van der Waals surface area contributed by atoms with Crippen LogP contribution < -0.4 is 11.5 Å². The van der Waals surface area contributed by atoms with Gasteiger partial charge in [-0.15, -0.1) is 0 Å². The third kappa shape index (κ3) is 9.44. The molecule has 5 aromatic carbocycles. The highest BCUT2D eigenvalue weighted by Crippen LogP contribution is 2.57. The molecule has 0 fully saturated rings. The summed E-state index contributed by atoms with van der Waals surface area (Å²) in [5, 5.41) is 38.8. The number of aromatic hydroxyl groups is 4. The van der Waals surface area contributed by atoms with Crippen LogP contribution in [0.25, 0.3) is 0 Å². The van der Waals surface area contributed by atoms with E-state index in [4.69, 9.17) is 11.5 Å². The van der Waals surface area contributed by atoms with Crippen molar-refractivity contribution in [3.63, 3.8) is 0 Å². The van der Waals surface area contributed by atoms with Gasteiger partial charge in [-0.2, -0.15) is 57.1 Å². The monoisotopic (exact) mass is 936 g/mol. The average molecular weight is 937 g/mol. The molecular formula is C44H37F13N2O6. The summed E-state index contributed by atoms with van der Waals surface area (Å²) in [6, 6.07) is 11.5. The first-order valence-corrected chi connectivity index (χ1v) is 18.6. The maximum Gasteiger partial charge on any atom is 0.411 e.